The number of hydrogen-bond donors (Lipinski definition) is 2. The number of halogens is 1. The van der Waals surface area contributed by atoms with Crippen molar-refractivity contribution in [2.45, 2.75) is 36.2 Å². The largest absolute Gasteiger partial charge is 0.480 e. The minimum absolute atomic E-state index is 0.246. The maximum absolute atomic E-state index is 13.3. The third-order valence-corrected chi connectivity index (χ3v) is 3.89. The van der Waals surface area contributed by atoms with Crippen molar-refractivity contribution < 1.29 is 14.3 Å². The maximum atomic E-state index is 13.3. The number of hydrogen-bond acceptors (Lipinski definition) is 3. The van der Waals surface area contributed by atoms with Gasteiger partial charge in [0.05, 0.1) is 0 Å². The first kappa shape index (κ1) is 13.4. The number of benzene rings is 1. The molecule has 0 bridgehead atoms. The fourth-order valence-electron chi connectivity index (χ4n) is 1.66. The highest BCUT2D eigenvalue weighted by molar-refractivity contribution is 7.99. The smallest absolute Gasteiger partial charge is 0.320 e. The van der Waals surface area contributed by atoms with Crippen LogP contribution in [0.5, 0.6) is 0 Å². The summed E-state index contributed by atoms with van der Waals surface area (Å²) in [4.78, 5) is 11.6. The summed E-state index contributed by atoms with van der Waals surface area (Å²) >= 11 is 1.36. The van der Waals surface area contributed by atoms with Gasteiger partial charge in [0, 0.05) is 16.7 Å². The van der Waals surface area contributed by atoms with E-state index in [1.165, 1.54) is 17.8 Å². The van der Waals surface area contributed by atoms with Crippen LogP contribution in [0.2, 0.25) is 0 Å². The van der Waals surface area contributed by atoms with Crippen molar-refractivity contribution in [3.05, 3.63) is 30.1 Å². The first-order chi connectivity index (χ1) is 8.66. The molecular formula is C13H16FNO2S. The van der Waals surface area contributed by atoms with Gasteiger partial charge >= 0.3 is 5.97 Å². The molecule has 18 heavy (non-hydrogen) atoms. The summed E-state index contributed by atoms with van der Waals surface area (Å²) in [6.07, 6.45) is 2.62. The summed E-state index contributed by atoms with van der Waals surface area (Å²) in [7, 11) is 0. The molecule has 0 heterocycles. The Bertz CT molecular complexity index is 423. The number of aliphatic carboxylic acids is 1. The third-order valence-electron chi connectivity index (χ3n) is 2.81. The summed E-state index contributed by atoms with van der Waals surface area (Å²) in [5, 5.41) is 12.1. The molecule has 98 valence electrons. The van der Waals surface area contributed by atoms with E-state index in [0.29, 0.717) is 23.1 Å². The average Bonchev–Trinajstić information content (AvgIpc) is 3.14. The predicted octanol–water partition coefficient (Wildman–Crippen LogP) is 2.51. The molecule has 0 aliphatic heterocycles. The van der Waals surface area contributed by atoms with E-state index >= 15 is 0 Å². The lowest BCUT2D eigenvalue weighted by molar-refractivity contribution is -0.139. The normalized spacial score (nSPS) is 16.5. The molecule has 5 heteroatoms. The highest BCUT2D eigenvalue weighted by Gasteiger charge is 2.27. The minimum atomic E-state index is -0.823. The molecule has 1 aliphatic carbocycles. The fourth-order valence-corrected chi connectivity index (χ4v) is 2.62. The van der Waals surface area contributed by atoms with Crippen molar-refractivity contribution in [1.82, 2.24) is 5.32 Å². The Kier molecular flexibility index (Phi) is 4.60. The van der Waals surface area contributed by atoms with Crippen LogP contribution in [0.1, 0.15) is 19.3 Å². The third kappa shape index (κ3) is 3.99. The number of carboxylic acid groups (broad SMARTS) is 1. The molecule has 1 fully saturated rings. The van der Waals surface area contributed by atoms with E-state index in [-0.39, 0.29) is 5.82 Å². The molecule has 1 aromatic carbocycles. The van der Waals surface area contributed by atoms with E-state index in [1.807, 2.05) is 0 Å². The lowest BCUT2D eigenvalue weighted by atomic mass is 10.2. The molecule has 0 saturated heterocycles. The Balaban J connectivity index is 1.79. The second-order valence-corrected chi connectivity index (χ2v) is 5.54. The van der Waals surface area contributed by atoms with Crippen LogP contribution in [0, 0.1) is 5.82 Å². The Labute approximate surface area is 110 Å². The van der Waals surface area contributed by atoms with Gasteiger partial charge in [-0.05, 0) is 31.4 Å². The molecule has 2 rings (SSSR count). The first-order valence-corrected chi connectivity index (χ1v) is 7.01. The van der Waals surface area contributed by atoms with E-state index in [9.17, 15) is 9.18 Å². The minimum Gasteiger partial charge on any atom is -0.480 e. The quantitative estimate of drug-likeness (QED) is 0.747. The summed E-state index contributed by atoms with van der Waals surface area (Å²) in [6.45, 7) is 0. The molecule has 1 aliphatic rings. The fraction of sp³-hybridized carbons (Fsp3) is 0.462. The number of nitrogens with one attached hydrogen (secondary N) is 1. The van der Waals surface area contributed by atoms with Crippen molar-refractivity contribution in [2.24, 2.45) is 0 Å². The van der Waals surface area contributed by atoms with Gasteiger partial charge in [-0.1, -0.05) is 12.1 Å². The van der Waals surface area contributed by atoms with E-state index in [0.717, 1.165) is 12.8 Å². The number of carbonyl (C=O) groups is 1. The first-order valence-electron chi connectivity index (χ1n) is 6.03. The lowest BCUT2D eigenvalue weighted by Gasteiger charge is -2.13. The summed E-state index contributed by atoms with van der Waals surface area (Å²) < 4.78 is 13.3. The Morgan fingerprint density at radius 3 is 2.83 bits per heavy atom. The number of thioether (sulfide) groups is 1. The zero-order valence-electron chi connectivity index (χ0n) is 9.93. The molecule has 1 unspecified atom stereocenters. The van der Waals surface area contributed by atoms with Gasteiger partial charge < -0.3 is 10.4 Å². The van der Waals surface area contributed by atoms with Crippen LogP contribution in [-0.2, 0) is 4.79 Å². The van der Waals surface area contributed by atoms with Gasteiger partial charge in [-0.3, -0.25) is 4.79 Å². The molecule has 2 N–H and O–H groups in total. The second-order valence-electron chi connectivity index (χ2n) is 4.40. The van der Waals surface area contributed by atoms with E-state index in [2.05, 4.69) is 5.32 Å². The molecule has 1 atom stereocenters. The van der Waals surface area contributed by atoms with Crippen LogP contribution in [0.4, 0.5) is 4.39 Å². The molecule has 0 aromatic heterocycles. The Morgan fingerprint density at radius 1 is 1.50 bits per heavy atom. The highest BCUT2D eigenvalue weighted by atomic mass is 32.2. The van der Waals surface area contributed by atoms with E-state index in [4.69, 9.17) is 5.11 Å². The Hall–Kier alpha value is -1.07. The predicted molar refractivity (Wildman–Crippen MR) is 69.3 cm³/mol. The molecule has 3 nitrogen and oxygen atoms in total. The van der Waals surface area contributed by atoms with Crippen LogP contribution >= 0.6 is 11.8 Å². The van der Waals surface area contributed by atoms with Crippen molar-refractivity contribution in [2.75, 3.05) is 5.75 Å². The van der Waals surface area contributed by atoms with Crippen LogP contribution < -0.4 is 5.32 Å². The monoisotopic (exact) mass is 269 g/mol. The number of carboxylic acids is 1. The molecule has 0 amide bonds. The van der Waals surface area contributed by atoms with Crippen molar-refractivity contribution in [3.63, 3.8) is 0 Å². The van der Waals surface area contributed by atoms with Gasteiger partial charge in [0.25, 0.3) is 0 Å². The second kappa shape index (κ2) is 6.20. The standard InChI is InChI=1S/C13H16FNO2S/c14-10-3-1-2-4-12(10)18-8-7-11(13(16)17)15-9-5-6-9/h1-4,9,11,15H,5-8H2,(H,16,17). The summed E-state index contributed by atoms with van der Waals surface area (Å²) in [6, 6.07) is 6.40. The molecule has 0 spiro atoms. The Morgan fingerprint density at radius 2 is 2.22 bits per heavy atom. The lowest BCUT2D eigenvalue weighted by Crippen LogP contribution is -2.38. The molecular weight excluding hydrogens is 253 g/mol. The van der Waals surface area contributed by atoms with Crippen LogP contribution in [0.15, 0.2) is 29.2 Å². The SMILES string of the molecule is O=C(O)C(CCSc1ccccc1F)NC1CC1. The molecule has 1 saturated carbocycles. The van der Waals surface area contributed by atoms with Crippen LogP contribution in [-0.4, -0.2) is 28.9 Å². The zero-order valence-corrected chi connectivity index (χ0v) is 10.8. The number of rotatable bonds is 7. The van der Waals surface area contributed by atoms with Crippen molar-refractivity contribution in [3.8, 4) is 0 Å². The van der Waals surface area contributed by atoms with Gasteiger partial charge in [0.15, 0.2) is 0 Å². The molecule has 1 aromatic rings. The van der Waals surface area contributed by atoms with Crippen molar-refractivity contribution >= 4 is 17.7 Å². The summed E-state index contributed by atoms with van der Waals surface area (Å²) in [5.41, 5.74) is 0. The topological polar surface area (TPSA) is 49.3 Å². The van der Waals surface area contributed by atoms with Gasteiger partial charge in [-0.25, -0.2) is 4.39 Å². The van der Waals surface area contributed by atoms with Crippen molar-refractivity contribution in [1.29, 1.82) is 0 Å². The van der Waals surface area contributed by atoms with Gasteiger partial charge in [-0.2, -0.15) is 0 Å². The van der Waals surface area contributed by atoms with Gasteiger partial charge in [-0.15, -0.1) is 11.8 Å². The van der Waals surface area contributed by atoms with Crippen LogP contribution in [0.25, 0.3) is 0 Å². The van der Waals surface area contributed by atoms with E-state index < -0.39 is 12.0 Å². The highest BCUT2D eigenvalue weighted by Crippen LogP contribution is 2.24. The van der Waals surface area contributed by atoms with E-state index in [1.54, 1.807) is 18.2 Å². The average molecular weight is 269 g/mol. The van der Waals surface area contributed by atoms with Crippen LogP contribution in [0.3, 0.4) is 0 Å². The van der Waals surface area contributed by atoms with Gasteiger partial charge in [0.1, 0.15) is 11.9 Å². The zero-order chi connectivity index (χ0) is 13.0. The maximum Gasteiger partial charge on any atom is 0.320 e. The molecule has 0 radical (unpaired) electrons. The van der Waals surface area contributed by atoms with Gasteiger partial charge in [0.2, 0.25) is 0 Å². The summed E-state index contributed by atoms with van der Waals surface area (Å²) in [5.74, 6) is -0.474.